The van der Waals surface area contributed by atoms with Gasteiger partial charge in [0.15, 0.2) is 0 Å². The minimum Gasteiger partial charge on any atom is -0.342 e. The van der Waals surface area contributed by atoms with E-state index in [0.29, 0.717) is 17.0 Å². The molecular weight excluding hydrogens is 203 g/mol. The molecule has 1 heterocycles. The van der Waals surface area contributed by atoms with Crippen LogP contribution in [0.4, 0.5) is 4.39 Å². The van der Waals surface area contributed by atoms with E-state index in [4.69, 9.17) is 11.6 Å². The number of imidazole rings is 1. The molecule has 0 aliphatic rings. The normalized spacial score (nSPS) is 11.5. The maximum absolute atomic E-state index is 13.1. The van der Waals surface area contributed by atoms with E-state index in [0.717, 1.165) is 5.82 Å². The number of halogens is 2. The molecule has 0 aliphatic carbocycles. The van der Waals surface area contributed by atoms with E-state index >= 15 is 0 Å². The minimum absolute atomic E-state index is 0.110. The molecule has 0 aliphatic heterocycles. The van der Waals surface area contributed by atoms with E-state index in [1.807, 2.05) is 13.8 Å². The molecule has 0 saturated carbocycles. The van der Waals surface area contributed by atoms with Crippen LogP contribution in [0, 0.1) is 5.82 Å². The zero-order valence-corrected chi connectivity index (χ0v) is 8.69. The summed E-state index contributed by atoms with van der Waals surface area (Å²) in [4.78, 5) is 7.36. The Morgan fingerprint density at radius 1 is 1.43 bits per heavy atom. The summed E-state index contributed by atoms with van der Waals surface area (Å²) in [5.41, 5.74) is 1.40. The zero-order chi connectivity index (χ0) is 10.3. The van der Waals surface area contributed by atoms with E-state index in [-0.39, 0.29) is 5.02 Å². The fraction of sp³-hybridized carbons (Fsp3) is 0.300. The predicted octanol–water partition coefficient (Wildman–Crippen LogP) is 3.48. The lowest BCUT2D eigenvalue weighted by Crippen LogP contribution is -1.88. The van der Waals surface area contributed by atoms with Crippen LogP contribution in [0.15, 0.2) is 12.1 Å². The van der Waals surface area contributed by atoms with Crippen molar-refractivity contribution in [2.45, 2.75) is 19.8 Å². The van der Waals surface area contributed by atoms with Crippen molar-refractivity contribution in [3.05, 3.63) is 28.8 Å². The van der Waals surface area contributed by atoms with Gasteiger partial charge in [-0.1, -0.05) is 25.4 Å². The van der Waals surface area contributed by atoms with E-state index in [1.54, 1.807) is 0 Å². The molecule has 1 N–H and O–H groups in total. The molecule has 0 saturated heterocycles. The Kier molecular flexibility index (Phi) is 2.19. The van der Waals surface area contributed by atoms with Crippen molar-refractivity contribution in [2.24, 2.45) is 0 Å². The molecule has 1 aromatic carbocycles. The first kappa shape index (κ1) is 9.46. The number of aromatic amines is 1. The highest BCUT2D eigenvalue weighted by Gasteiger charge is 2.09. The first-order chi connectivity index (χ1) is 6.58. The molecule has 2 nitrogen and oxygen atoms in total. The van der Waals surface area contributed by atoms with Crippen LogP contribution in [0.2, 0.25) is 5.02 Å². The standard InChI is InChI=1S/C10H10ClFN2/c1-5(2)10-13-8-3-6(11)7(12)4-9(8)14-10/h3-5H,1-2H3,(H,13,14). The average molecular weight is 213 g/mol. The van der Waals surface area contributed by atoms with Crippen LogP contribution in [0.25, 0.3) is 11.0 Å². The van der Waals surface area contributed by atoms with Gasteiger partial charge in [0.1, 0.15) is 11.6 Å². The Hall–Kier alpha value is -1.09. The Bertz CT molecular complexity index is 437. The van der Waals surface area contributed by atoms with Gasteiger partial charge in [0.25, 0.3) is 0 Å². The molecule has 0 bridgehead atoms. The van der Waals surface area contributed by atoms with Crippen molar-refractivity contribution < 1.29 is 4.39 Å². The Labute approximate surface area is 86.1 Å². The van der Waals surface area contributed by atoms with Crippen molar-refractivity contribution >= 4 is 22.6 Å². The van der Waals surface area contributed by atoms with Gasteiger partial charge >= 0.3 is 0 Å². The van der Waals surface area contributed by atoms with Gasteiger partial charge in [-0.25, -0.2) is 9.37 Å². The molecule has 0 unspecified atom stereocenters. The van der Waals surface area contributed by atoms with E-state index in [2.05, 4.69) is 9.97 Å². The van der Waals surface area contributed by atoms with Crippen LogP contribution in [0.5, 0.6) is 0 Å². The quantitative estimate of drug-likeness (QED) is 0.770. The van der Waals surface area contributed by atoms with Crippen LogP contribution < -0.4 is 0 Å². The number of rotatable bonds is 1. The lowest BCUT2D eigenvalue weighted by molar-refractivity contribution is 0.630. The molecule has 0 radical (unpaired) electrons. The van der Waals surface area contributed by atoms with Crippen LogP contribution >= 0.6 is 11.6 Å². The van der Waals surface area contributed by atoms with Gasteiger partial charge in [-0.2, -0.15) is 0 Å². The second-order valence-corrected chi connectivity index (χ2v) is 3.97. The van der Waals surface area contributed by atoms with Crippen molar-refractivity contribution in [1.29, 1.82) is 0 Å². The molecule has 0 spiro atoms. The van der Waals surface area contributed by atoms with Gasteiger partial charge in [-0.15, -0.1) is 0 Å². The molecule has 1 aromatic heterocycles. The number of hydrogen-bond acceptors (Lipinski definition) is 1. The topological polar surface area (TPSA) is 28.7 Å². The maximum Gasteiger partial charge on any atom is 0.144 e. The summed E-state index contributed by atoms with van der Waals surface area (Å²) < 4.78 is 13.1. The molecule has 74 valence electrons. The van der Waals surface area contributed by atoms with Crippen molar-refractivity contribution in [1.82, 2.24) is 9.97 Å². The Morgan fingerprint density at radius 2 is 2.14 bits per heavy atom. The predicted molar refractivity (Wildman–Crippen MR) is 55.2 cm³/mol. The third-order valence-corrected chi connectivity index (χ3v) is 2.38. The number of benzene rings is 1. The van der Waals surface area contributed by atoms with E-state index in [1.165, 1.54) is 12.1 Å². The monoisotopic (exact) mass is 212 g/mol. The van der Waals surface area contributed by atoms with Crippen LogP contribution in [0.1, 0.15) is 25.6 Å². The highest BCUT2D eigenvalue weighted by Crippen LogP contribution is 2.23. The fourth-order valence-corrected chi connectivity index (χ4v) is 1.46. The number of nitrogens with one attached hydrogen (secondary N) is 1. The second-order valence-electron chi connectivity index (χ2n) is 3.56. The molecule has 0 amide bonds. The zero-order valence-electron chi connectivity index (χ0n) is 7.94. The van der Waals surface area contributed by atoms with Gasteiger partial charge in [0, 0.05) is 12.0 Å². The average Bonchev–Trinajstić information content (AvgIpc) is 2.48. The smallest absolute Gasteiger partial charge is 0.144 e. The second kappa shape index (κ2) is 3.24. The first-order valence-electron chi connectivity index (χ1n) is 4.42. The van der Waals surface area contributed by atoms with Crippen LogP contribution in [-0.4, -0.2) is 9.97 Å². The Morgan fingerprint density at radius 3 is 2.79 bits per heavy atom. The molecule has 2 aromatic rings. The van der Waals surface area contributed by atoms with Crippen LogP contribution in [-0.2, 0) is 0 Å². The van der Waals surface area contributed by atoms with Gasteiger partial charge in [-0.3, -0.25) is 0 Å². The van der Waals surface area contributed by atoms with Crippen molar-refractivity contribution in [3.8, 4) is 0 Å². The number of aromatic nitrogens is 2. The molecule has 4 heteroatoms. The summed E-state index contributed by atoms with van der Waals surface area (Å²) in [7, 11) is 0. The number of nitrogens with zero attached hydrogens (tertiary/aromatic N) is 1. The third kappa shape index (κ3) is 1.48. The number of fused-ring (bicyclic) bond motifs is 1. The highest BCUT2D eigenvalue weighted by molar-refractivity contribution is 6.31. The lowest BCUT2D eigenvalue weighted by atomic mass is 10.2. The summed E-state index contributed by atoms with van der Waals surface area (Å²) in [6, 6.07) is 2.91. The molecule has 14 heavy (non-hydrogen) atoms. The maximum atomic E-state index is 13.1. The largest absolute Gasteiger partial charge is 0.342 e. The van der Waals surface area contributed by atoms with Gasteiger partial charge in [-0.05, 0) is 6.07 Å². The summed E-state index contributed by atoms with van der Waals surface area (Å²) in [6.45, 7) is 4.05. The lowest BCUT2D eigenvalue weighted by Gasteiger charge is -1.95. The molecule has 2 rings (SSSR count). The van der Waals surface area contributed by atoms with Gasteiger partial charge in [0.05, 0.1) is 16.1 Å². The molecule has 0 atom stereocenters. The fourth-order valence-electron chi connectivity index (χ4n) is 1.30. The molecular formula is C10H10ClFN2. The summed E-state index contributed by atoms with van der Waals surface area (Å²) in [6.07, 6.45) is 0. The van der Waals surface area contributed by atoms with Crippen LogP contribution in [0.3, 0.4) is 0 Å². The summed E-state index contributed by atoms with van der Waals surface area (Å²) in [5.74, 6) is 0.726. The van der Waals surface area contributed by atoms with Crippen molar-refractivity contribution in [3.63, 3.8) is 0 Å². The molecule has 0 fully saturated rings. The van der Waals surface area contributed by atoms with E-state index < -0.39 is 5.82 Å². The summed E-state index contributed by atoms with van der Waals surface area (Å²) >= 11 is 5.65. The van der Waals surface area contributed by atoms with Gasteiger partial charge in [0.2, 0.25) is 0 Å². The SMILES string of the molecule is CC(C)c1nc2cc(Cl)c(F)cc2[nH]1. The van der Waals surface area contributed by atoms with E-state index in [9.17, 15) is 4.39 Å². The number of H-pyrrole nitrogens is 1. The Balaban J connectivity index is 2.66. The summed E-state index contributed by atoms with van der Waals surface area (Å²) in [5, 5.41) is 0.110. The highest BCUT2D eigenvalue weighted by atomic mass is 35.5. The third-order valence-electron chi connectivity index (χ3n) is 2.09. The minimum atomic E-state index is -0.418. The van der Waals surface area contributed by atoms with Gasteiger partial charge < -0.3 is 4.98 Å². The first-order valence-corrected chi connectivity index (χ1v) is 4.80. The van der Waals surface area contributed by atoms with Crippen molar-refractivity contribution in [2.75, 3.05) is 0 Å². The number of hydrogen-bond donors (Lipinski definition) is 1.